The maximum atomic E-state index is 13.1. The number of rotatable bonds is 4. The first-order valence-corrected chi connectivity index (χ1v) is 12.4. The summed E-state index contributed by atoms with van der Waals surface area (Å²) in [5.41, 5.74) is 9.45. The number of nitrogens with one attached hydrogen (secondary N) is 1. The van der Waals surface area contributed by atoms with Crippen molar-refractivity contribution >= 4 is 23.1 Å². The lowest BCUT2D eigenvalue weighted by molar-refractivity contribution is -0.120. The summed E-state index contributed by atoms with van der Waals surface area (Å²) in [6.07, 6.45) is 1.62. The third-order valence-corrected chi connectivity index (χ3v) is 7.00. The first-order valence-electron chi connectivity index (χ1n) is 12.4. The summed E-state index contributed by atoms with van der Waals surface area (Å²) < 4.78 is 1.95. The van der Waals surface area contributed by atoms with Crippen molar-refractivity contribution in [1.82, 2.24) is 14.6 Å². The molecule has 2 aromatic heterocycles. The normalized spacial score (nSPS) is 14.5. The molecule has 180 valence electrons. The lowest BCUT2D eigenvalue weighted by Crippen LogP contribution is -2.39. The van der Waals surface area contributed by atoms with Gasteiger partial charge in [-0.05, 0) is 58.6 Å². The number of anilines is 2. The number of aromatic nitrogens is 3. The molecule has 1 fully saturated rings. The molecule has 0 saturated carbocycles. The largest absolute Gasteiger partial charge is 0.356 e. The number of hydrogen-bond donors (Lipinski definition) is 1. The molecule has 4 aromatic rings. The van der Waals surface area contributed by atoms with E-state index in [2.05, 4.69) is 80.4 Å². The minimum Gasteiger partial charge on any atom is -0.356 e. The second-order valence-corrected chi connectivity index (χ2v) is 9.95. The standard InChI is InChI=1S/C29H33N5O/c1-18-6-8-23(9-7-18)25-17-26-30-22(5)16-27(34(26)32-25)33-12-10-24(11-13-33)29(35)31-28-20(3)14-19(2)15-21(28)4/h6-9,14-17,24H,10-13H2,1-5H3,(H,31,35). The average Bonchev–Trinajstić information content (AvgIpc) is 3.25. The van der Waals surface area contributed by atoms with Crippen LogP contribution >= 0.6 is 0 Å². The van der Waals surface area contributed by atoms with Crippen molar-refractivity contribution in [1.29, 1.82) is 0 Å². The molecule has 6 heteroatoms. The molecule has 1 saturated heterocycles. The molecule has 1 amide bonds. The van der Waals surface area contributed by atoms with Crippen LogP contribution in [-0.4, -0.2) is 33.6 Å². The van der Waals surface area contributed by atoms with Crippen molar-refractivity contribution in [3.63, 3.8) is 0 Å². The Morgan fingerprint density at radius 2 is 1.54 bits per heavy atom. The molecule has 0 aliphatic carbocycles. The van der Waals surface area contributed by atoms with E-state index >= 15 is 0 Å². The van der Waals surface area contributed by atoms with Crippen LogP contribution in [0, 0.1) is 40.5 Å². The number of amides is 1. The van der Waals surface area contributed by atoms with Gasteiger partial charge in [-0.3, -0.25) is 4.79 Å². The Hall–Kier alpha value is -3.67. The van der Waals surface area contributed by atoms with E-state index in [1.807, 2.05) is 17.5 Å². The Labute approximate surface area is 207 Å². The van der Waals surface area contributed by atoms with Crippen LogP contribution in [0.1, 0.15) is 40.8 Å². The van der Waals surface area contributed by atoms with Crippen LogP contribution < -0.4 is 10.2 Å². The van der Waals surface area contributed by atoms with Gasteiger partial charge in [0.25, 0.3) is 0 Å². The third kappa shape index (κ3) is 4.65. The molecule has 0 unspecified atom stereocenters. The molecule has 0 atom stereocenters. The van der Waals surface area contributed by atoms with E-state index in [-0.39, 0.29) is 11.8 Å². The topological polar surface area (TPSA) is 62.5 Å². The van der Waals surface area contributed by atoms with Crippen LogP contribution in [-0.2, 0) is 4.79 Å². The summed E-state index contributed by atoms with van der Waals surface area (Å²) in [7, 11) is 0. The summed E-state index contributed by atoms with van der Waals surface area (Å²) in [6, 6.07) is 16.8. The highest BCUT2D eigenvalue weighted by molar-refractivity contribution is 5.94. The van der Waals surface area contributed by atoms with E-state index in [9.17, 15) is 4.79 Å². The van der Waals surface area contributed by atoms with Crippen molar-refractivity contribution in [2.24, 2.45) is 5.92 Å². The number of carbonyl (C=O) groups excluding carboxylic acids is 1. The third-order valence-electron chi connectivity index (χ3n) is 7.00. The molecule has 0 spiro atoms. The SMILES string of the molecule is Cc1ccc(-c2cc3nc(C)cc(N4CCC(C(=O)Nc5c(C)cc(C)cc5C)CC4)n3n2)cc1. The monoisotopic (exact) mass is 467 g/mol. The van der Waals surface area contributed by atoms with Gasteiger partial charge in [-0.2, -0.15) is 9.61 Å². The fourth-order valence-corrected chi connectivity index (χ4v) is 5.14. The molecule has 1 aliphatic heterocycles. The van der Waals surface area contributed by atoms with Gasteiger partial charge in [0.2, 0.25) is 5.91 Å². The van der Waals surface area contributed by atoms with Crippen molar-refractivity contribution in [2.75, 3.05) is 23.3 Å². The van der Waals surface area contributed by atoms with Crippen LogP contribution in [0.4, 0.5) is 11.5 Å². The lowest BCUT2D eigenvalue weighted by Gasteiger charge is -2.33. The maximum absolute atomic E-state index is 13.1. The highest BCUT2D eigenvalue weighted by atomic mass is 16.1. The fourth-order valence-electron chi connectivity index (χ4n) is 5.14. The highest BCUT2D eigenvalue weighted by Crippen LogP contribution is 2.29. The predicted octanol–water partition coefficient (Wildman–Crippen LogP) is 5.79. The molecule has 2 aromatic carbocycles. The minimum absolute atomic E-state index is 0.00511. The van der Waals surface area contributed by atoms with Crippen molar-refractivity contribution in [3.8, 4) is 11.3 Å². The summed E-state index contributed by atoms with van der Waals surface area (Å²) in [4.78, 5) is 20.1. The van der Waals surface area contributed by atoms with Gasteiger partial charge in [-0.25, -0.2) is 4.98 Å². The smallest absolute Gasteiger partial charge is 0.227 e. The van der Waals surface area contributed by atoms with Gasteiger partial charge in [0.1, 0.15) is 5.82 Å². The van der Waals surface area contributed by atoms with Crippen LogP contribution in [0.3, 0.4) is 0 Å². The van der Waals surface area contributed by atoms with Gasteiger partial charge in [0.05, 0.1) is 5.69 Å². The Morgan fingerprint density at radius 1 is 0.886 bits per heavy atom. The predicted molar refractivity (Wildman–Crippen MR) is 142 cm³/mol. The molecule has 5 rings (SSSR count). The Morgan fingerprint density at radius 3 is 2.20 bits per heavy atom. The van der Waals surface area contributed by atoms with Crippen LogP contribution in [0.15, 0.2) is 48.5 Å². The summed E-state index contributed by atoms with van der Waals surface area (Å²) in [5.74, 6) is 1.16. The van der Waals surface area contributed by atoms with Crippen LogP contribution in [0.5, 0.6) is 0 Å². The van der Waals surface area contributed by atoms with E-state index in [4.69, 9.17) is 10.1 Å². The molecule has 3 heterocycles. The number of hydrogen-bond acceptors (Lipinski definition) is 4. The number of carbonyl (C=O) groups is 1. The van der Waals surface area contributed by atoms with Gasteiger partial charge >= 0.3 is 0 Å². The first-order chi connectivity index (χ1) is 16.8. The number of aryl methyl sites for hydroxylation is 5. The van der Waals surface area contributed by atoms with Gasteiger partial charge in [0.15, 0.2) is 5.65 Å². The van der Waals surface area contributed by atoms with Gasteiger partial charge in [-0.1, -0.05) is 47.5 Å². The minimum atomic E-state index is 0.00511. The zero-order valence-electron chi connectivity index (χ0n) is 21.2. The van der Waals surface area contributed by atoms with Gasteiger partial charge < -0.3 is 10.2 Å². The van der Waals surface area contributed by atoms with E-state index in [1.165, 1.54) is 11.1 Å². The molecule has 6 nitrogen and oxygen atoms in total. The second kappa shape index (κ2) is 9.17. The van der Waals surface area contributed by atoms with E-state index in [1.54, 1.807) is 0 Å². The number of nitrogens with zero attached hydrogens (tertiary/aromatic N) is 4. The molecular weight excluding hydrogens is 434 g/mol. The van der Waals surface area contributed by atoms with Crippen molar-refractivity contribution in [2.45, 2.75) is 47.5 Å². The molecule has 1 N–H and O–H groups in total. The molecule has 0 bridgehead atoms. The van der Waals surface area contributed by atoms with Crippen LogP contribution in [0.2, 0.25) is 0 Å². The highest BCUT2D eigenvalue weighted by Gasteiger charge is 2.27. The number of benzene rings is 2. The van der Waals surface area contributed by atoms with Gasteiger partial charge in [-0.15, -0.1) is 0 Å². The Bertz CT molecular complexity index is 1370. The molecular formula is C29H33N5O. The summed E-state index contributed by atoms with van der Waals surface area (Å²) >= 11 is 0. The quantitative estimate of drug-likeness (QED) is 0.412. The van der Waals surface area contributed by atoms with Crippen LogP contribution in [0.25, 0.3) is 16.9 Å². The van der Waals surface area contributed by atoms with E-state index < -0.39 is 0 Å². The number of fused-ring (bicyclic) bond motifs is 1. The van der Waals surface area contributed by atoms with Gasteiger partial charge in [0, 0.05) is 48.1 Å². The second-order valence-electron chi connectivity index (χ2n) is 9.95. The number of piperidine rings is 1. The van der Waals surface area contributed by atoms with Crippen molar-refractivity contribution in [3.05, 3.63) is 76.5 Å². The van der Waals surface area contributed by atoms with E-state index in [0.717, 1.165) is 71.2 Å². The zero-order chi connectivity index (χ0) is 24.7. The fraction of sp³-hybridized carbons (Fsp3) is 0.345. The Kier molecular flexibility index (Phi) is 6.05. The molecule has 0 radical (unpaired) electrons. The average molecular weight is 468 g/mol. The van der Waals surface area contributed by atoms with Crippen molar-refractivity contribution < 1.29 is 4.79 Å². The molecule has 35 heavy (non-hydrogen) atoms. The summed E-state index contributed by atoms with van der Waals surface area (Å²) in [6.45, 7) is 11.9. The maximum Gasteiger partial charge on any atom is 0.227 e. The molecule has 1 aliphatic rings. The summed E-state index contributed by atoms with van der Waals surface area (Å²) in [5, 5.41) is 8.11. The zero-order valence-corrected chi connectivity index (χ0v) is 21.2. The Balaban J connectivity index is 1.33. The first kappa shape index (κ1) is 23.1. The van der Waals surface area contributed by atoms with E-state index in [0.29, 0.717) is 0 Å². The lowest BCUT2D eigenvalue weighted by atomic mass is 9.95.